The average molecular weight is 513 g/mol. The van der Waals surface area contributed by atoms with E-state index in [2.05, 4.69) is 31.3 Å². The first-order valence-corrected chi connectivity index (χ1v) is 11.7. The molecule has 1 aliphatic heterocycles. The Balaban J connectivity index is 0.00000361. The quantitative estimate of drug-likeness (QED) is 0.446. The maximum atomic E-state index is 13.7. The maximum Gasteiger partial charge on any atom is 0.321 e. The molecule has 0 aliphatic carbocycles. The van der Waals surface area contributed by atoms with Gasteiger partial charge in [0.05, 0.1) is 12.2 Å². The summed E-state index contributed by atoms with van der Waals surface area (Å²) >= 11 is 0. The lowest BCUT2D eigenvalue weighted by atomic mass is 10.0. The number of carbonyl (C=O) groups is 2. The molecule has 0 saturated carbocycles. The number of hydrogen-bond donors (Lipinski definition) is 2. The molecule has 0 saturated heterocycles. The van der Waals surface area contributed by atoms with Gasteiger partial charge >= 0.3 is 5.97 Å². The van der Waals surface area contributed by atoms with E-state index in [1.54, 1.807) is 23.1 Å². The zero-order valence-electron chi connectivity index (χ0n) is 20.2. The van der Waals surface area contributed by atoms with Crippen molar-refractivity contribution in [2.24, 2.45) is 0 Å². The summed E-state index contributed by atoms with van der Waals surface area (Å²) < 4.78 is 19.2. The fraction of sp³-hybridized carbons (Fsp3) is 0.286. The highest BCUT2D eigenvalue weighted by Gasteiger charge is 2.34. The average Bonchev–Trinajstić information content (AvgIpc) is 2.97. The Bertz CT molecular complexity index is 1180. The second-order valence-electron chi connectivity index (χ2n) is 9.04. The summed E-state index contributed by atoms with van der Waals surface area (Å²) in [5, 5.41) is 12.8. The molecule has 2 atom stereocenters. The largest absolute Gasteiger partial charge is 0.489 e. The van der Waals surface area contributed by atoms with Crippen LogP contribution in [0.1, 0.15) is 36.5 Å². The number of ether oxygens (including phenoxy) is 1. The fourth-order valence-corrected chi connectivity index (χ4v) is 4.14. The van der Waals surface area contributed by atoms with E-state index < -0.39 is 23.9 Å². The highest BCUT2D eigenvalue weighted by Crippen LogP contribution is 2.32. The zero-order valence-corrected chi connectivity index (χ0v) is 21.0. The van der Waals surface area contributed by atoms with Crippen molar-refractivity contribution in [3.63, 3.8) is 0 Å². The molecule has 0 unspecified atom stereocenters. The summed E-state index contributed by atoms with van der Waals surface area (Å²) in [6.07, 6.45) is 0.100. The van der Waals surface area contributed by atoms with Gasteiger partial charge in [0.25, 0.3) is 0 Å². The number of amides is 1. The van der Waals surface area contributed by atoms with E-state index in [0.29, 0.717) is 29.5 Å². The van der Waals surface area contributed by atoms with E-state index in [4.69, 9.17) is 4.74 Å². The third-order valence-corrected chi connectivity index (χ3v) is 6.17. The van der Waals surface area contributed by atoms with Gasteiger partial charge < -0.3 is 14.7 Å². The molecule has 1 amide bonds. The lowest BCUT2D eigenvalue weighted by molar-refractivity contribution is -0.140. The number of para-hydroxylation sites is 2. The summed E-state index contributed by atoms with van der Waals surface area (Å²) in [5.74, 6) is -0.793. The van der Waals surface area contributed by atoms with Crippen molar-refractivity contribution in [3.05, 3.63) is 95.3 Å². The van der Waals surface area contributed by atoms with Crippen molar-refractivity contribution in [1.82, 2.24) is 5.32 Å². The Morgan fingerprint density at radius 3 is 2.33 bits per heavy atom. The Hall–Kier alpha value is -3.42. The van der Waals surface area contributed by atoms with E-state index in [-0.39, 0.29) is 31.3 Å². The third kappa shape index (κ3) is 6.42. The number of carboxylic acids is 1. The number of nitrogens with one attached hydrogen (secondary N) is 1. The van der Waals surface area contributed by atoms with Gasteiger partial charge in [-0.2, -0.15) is 0 Å². The topological polar surface area (TPSA) is 78.9 Å². The first-order valence-electron chi connectivity index (χ1n) is 11.7. The van der Waals surface area contributed by atoms with Crippen LogP contribution in [0.2, 0.25) is 0 Å². The van der Waals surface area contributed by atoms with Crippen LogP contribution >= 0.6 is 12.4 Å². The maximum absolute atomic E-state index is 13.7. The number of anilines is 1. The molecule has 4 rings (SSSR count). The van der Waals surface area contributed by atoms with Crippen LogP contribution in [-0.4, -0.2) is 35.7 Å². The Kier molecular flexibility index (Phi) is 9.07. The van der Waals surface area contributed by atoms with Crippen molar-refractivity contribution in [2.45, 2.75) is 44.8 Å². The third-order valence-electron chi connectivity index (χ3n) is 6.17. The summed E-state index contributed by atoms with van der Waals surface area (Å²) in [6.45, 7) is 4.57. The molecule has 36 heavy (non-hydrogen) atoms. The zero-order chi connectivity index (χ0) is 24.9. The van der Waals surface area contributed by atoms with Crippen molar-refractivity contribution in [2.75, 3.05) is 11.5 Å². The second kappa shape index (κ2) is 12.0. The summed E-state index contributed by atoms with van der Waals surface area (Å²) in [4.78, 5) is 27.3. The van der Waals surface area contributed by atoms with E-state index in [1.165, 1.54) is 17.7 Å². The molecule has 2 N–H and O–H groups in total. The van der Waals surface area contributed by atoms with Gasteiger partial charge in [0.1, 0.15) is 30.3 Å². The van der Waals surface area contributed by atoms with Gasteiger partial charge in [-0.3, -0.25) is 14.9 Å². The predicted octanol–water partition coefficient (Wildman–Crippen LogP) is 4.95. The lowest BCUT2D eigenvalue weighted by Gasteiger charge is -2.27. The monoisotopic (exact) mass is 512 g/mol. The Morgan fingerprint density at radius 2 is 1.69 bits per heavy atom. The number of carbonyl (C=O) groups excluding carboxylic acids is 1. The van der Waals surface area contributed by atoms with Gasteiger partial charge in [0, 0.05) is 0 Å². The van der Waals surface area contributed by atoms with Crippen LogP contribution < -0.4 is 15.0 Å². The molecule has 3 aromatic carbocycles. The molecule has 8 heteroatoms. The van der Waals surface area contributed by atoms with E-state index >= 15 is 0 Å². The number of carboxylic acid groups (broad SMARTS) is 1. The molecule has 0 spiro atoms. The molecule has 1 heterocycles. The molecule has 3 aromatic rings. The highest BCUT2D eigenvalue weighted by molar-refractivity contribution is 5.99. The number of aliphatic carboxylic acids is 1. The van der Waals surface area contributed by atoms with Gasteiger partial charge in [-0.05, 0) is 53.3 Å². The first kappa shape index (κ1) is 27.2. The Morgan fingerprint density at radius 1 is 1.06 bits per heavy atom. The number of benzene rings is 3. The molecule has 0 aromatic heterocycles. The molecule has 0 radical (unpaired) electrons. The molecule has 190 valence electrons. The number of nitrogens with zero attached hydrogens (tertiary/aromatic N) is 1. The molecular weight excluding hydrogens is 483 g/mol. The van der Waals surface area contributed by atoms with Crippen LogP contribution in [0.5, 0.6) is 5.75 Å². The van der Waals surface area contributed by atoms with Gasteiger partial charge in [-0.1, -0.05) is 62.4 Å². The smallest absolute Gasteiger partial charge is 0.321 e. The van der Waals surface area contributed by atoms with Crippen LogP contribution in [0.4, 0.5) is 10.1 Å². The number of halogens is 2. The normalized spacial score (nSPS) is 15.9. The van der Waals surface area contributed by atoms with Crippen molar-refractivity contribution < 1.29 is 23.8 Å². The highest BCUT2D eigenvalue weighted by atomic mass is 35.5. The van der Waals surface area contributed by atoms with Crippen molar-refractivity contribution in [1.29, 1.82) is 0 Å². The fourth-order valence-electron chi connectivity index (χ4n) is 4.14. The second-order valence-corrected chi connectivity index (χ2v) is 9.04. The number of rotatable bonds is 8. The molecule has 1 aliphatic rings. The van der Waals surface area contributed by atoms with Gasteiger partial charge in [0.15, 0.2) is 0 Å². The molecule has 0 fully saturated rings. The van der Waals surface area contributed by atoms with E-state index in [9.17, 15) is 19.1 Å². The van der Waals surface area contributed by atoms with Crippen LogP contribution in [0, 0.1) is 5.82 Å². The SMILES string of the molecule is CC(C)c1ccc(CN2C(=O)[C@@H](N[C@@H](Cc3ccc(F)cc3)C(=O)O)COc3ccccc32)cc1.Cl. The lowest BCUT2D eigenvalue weighted by Crippen LogP contribution is -2.54. The number of hydrogen-bond acceptors (Lipinski definition) is 4. The van der Waals surface area contributed by atoms with E-state index in [0.717, 1.165) is 5.56 Å². The first-order chi connectivity index (χ1) is 16.8. The van der Waals surface area contributed by atoms with Gasteiger partial charge in [-0.15, -0.1) is 12.4 Å². The molecule has 6 nitrogen and oxygen atoms in total. The predicted molar refractivity (Wildman–Crippen MR) is 139 cm³/mol. The standard InChI is InChI=1S/C28H29FN2O4.ClH/c1-18(2)21-11-7-20(8-12-21)16-31-25-5-3-4-6-26(25)35-17-24(27(31)32)30-23(28(33)34)15-19-9-13-22(29)14-10-19;/h3-14,18,23-24,30H,15-17H2,1-2H3,(H,33,34);1H/t23-,24-;/m0./s1. The van der Waals surface area contributed by atoms with E-state index in [1.807, 2.05) is 30.3 Å². The minimum atomic E-state index is -1.10. The van der Waals surface area contributed by atoms with Crippen molar-refractivity contribution in [3.8, 4) is 5.75 Å². The minimum Gasteiger partial charge on any atom is -0.489 e. The minimum absolute atomic E-state index is 0. The van der Waals surface area contributed by atoms with Gasteiger partial charge in [0.2, 0.25) is 5.91 Å². The summed E-state index contributed by atoms with van der Waals surface area (Å²) in [5.41, 5.74) is 3.46. The Labute approximate surface area is 216 Å². The van der Waals surface area contributed by atoms with Crippen LogP contribution in [0.3, 0.4) is 0 Å². The molecular formula is C28H30ClFN2O4. The van der Waals surface area contributed by atoms with Crippen molar-refractivity contribution >= 4 is 30.0 Å². The van der Waals surface area contributed by atoms with Crippen LogP contribution in [0.15, 0.2) is 72.8 Å². The molecule has 0 bridgehead atoms. The number of fused-ring (bicyclic) bond motifs is 1. The van der Waals surface area contributed by atoms with Gasteiger partial charge in [-0.25, -0.2) is 4.39 Å². The summed E-state index contributed by atoms with van der Waals surface area (Å²) in [6, 6.07) is 19.2. The van der Waals surface area contributed by atoms with Crippen LogP contribution in [-0.2, 0) is 22.6 Å². The summed E-state index contributed by atoms with van der Waals surface area (Å²) in [7, 11) is 0. The van der Waals surface area contributed by atoms with Crippen LogP contribution in [0.25, 0.3) is 0 Å².